The van der Waals surface area contributed by atoms with Gasteiger partial charge in [-0.25, -0.2) is 9.67 Å². The number of thioether (sulfide) groups is 1. The van der Waals surface area contributed by atoms with E-state index in [1.54, 1.807) is 18.0 Å². The van der Waals surface area contributed by atoms with Gasteiger partial charge in [0, 0.05) is 11.3 Å². The Balaban J connectivity index is 1.61. The van der Waals surface area contributed by atoms with E-state index in [9.17, 15) is 4.79 Å². The van der Waals surface area contributed by atoms with E-state index in [1.165, 1.54) is 0 Å². The number of pyridine rings is 1. The van der Waals surface area contributed by atoms with Crippen molar-refractivity contribution in [2.45, 2.75) is 6.54 Å². The van der Waals surface area contributed by atoms with Crippen molar-refractivity contribution in [2.75, 3.05) is 12.3 Å². The van der Waals surface area contributed by atoms with E-state index in [1.807, 2.05) is 59.3 Å². The van der Waals surface area contributed by atoms with Gasteiger partial charge in [-0.05, 0) is 11.6 Å². The molecule has 3 heterocycles. The summed E-state index contributed by atoms with van der Waals surface area (Å²) in [6.07, 6.45) is 1.72. The predicted octanol–water partition coefficient (Wildman–Crippen LogP) is 3.98. The molecule has 0 atom stereocenters. The minimum atomic E-state index is -0.188. The van der Waals surface area contributed by atoms with Gasteiger partial charge in [-0.15, -0.1) is 0 Å². The first kappa shape index (κ1) is 18.6. The van der Waals surface area contributed by atoms with Crippen LogP contribution in [0.2, 0.25) is 0 Å². The van der Waals surface area contributed by atoms with Crippen LogP contribution in [0.25, 0.3) is 22.3 Å². The van der Waals surface area contributed by atoms with Crippen LogP contribution in [0, 0.1) is 0 Å². The van der Waals surface area contributed by atoms with Gasteiger partial charge in [0.1, 0.15) is 0 Å². The third-order valence-corrected chi connectivity index (χ3v) is 5.80. The highest BCUT2D eigenvalue weighted by Gasteiger charge is 2.20. The van der Waals surface area contributed by atoms with Gasteiger partial charge in [0.2, 0.25) is 0 Å². The summed E-state index contributed by atoms with van der Waals surface area (Å²) < 4.78 is 1.84. The minimum absolute atomic E-state index is 0.188. The molecular formula is C23H19N5OS. The van der Waals surface area contributed by atoms with Crippen molar-refractivity contribution in [2.24, 2.45) is 4.99 Å². The summed E-state index contributed by atoms with van der Waals surface area (Å²) in [5, 5.41) is 8.87. The molecule has 1 aliphatic rings. The smallest absolute Gasteiger partial charge is 0.258 e. The first-order chi connectivity index (χ1) is 14.8. The number of rotatable bonds is 4. The first-order valence-electron chi connectivity index (χ1n) is 9.72. The lowest BCUT2D eigenvalue weighted by atomic mass is 10.1. The Kier molecular flexibility index (Phi) is 5.03. The van der Waals surface area contributed by atoms with Crippen LogP contribution in [0.3, 0.4) is 0 Å². The largest absolute Gasteiger partial charge is 0.301 e. The molecule has 0 radical (unpaired) electrons. The third-order valence-electron chi connectivity index (χ3n) is 4.90. The molecule has 30 heavy (non-hydrogen) atoms. The molecule has 6 nitrogen and oxygen atoms in total. The van der Waals surface area contributed by atoms with E-state index >= 15 is 0 Å². The zero-order valence-corrected chi connectivity index (χ0v) is 17.0. The van der Waals surface area contributed by atoms with Crippen LogP contribution in [-0.2, 0) is 6.54 Å². The van der Waals surface area contributed by atoms with Gasteiger partial charge >= 0.3 is 0 Å². The summed E-state index contributed by atoms with van der Waals surface area (Å²) in [6, 6.07) is 21.8. The molecule has 2 aromatic heterocycles. The number of nitrogens with one attached hydrogen (secondary N) is 1. The van der Waals surface area contributed by atoms with Crippen LogP contribution < -0.4 is 5.32 Å². The van der Waals surface area contributed by atoms with Crippen molar-refractivity contribution in [3.8, 4) is 11.3 Å². The van der Waals surface area contributed by atoms with E-state index in [4.69, 9.17) is 4.98 Å². The zero-order chi connectivity index (χ0) is 20.3. The lowest BCUT2D eigenvalue weighted by molar-refractivity contribution is 0.0979. The molecule has 148 valence electrons. The Hall–Kier alpha value is -3.45. The Morgan fingerprint density at radius 2 is 1.83 bits per heavy atom. The monoisotopic (exact) mass is 413 g/mol. The van der Waals surface area contributed by atoms with Crippen molar-refractivity contribution in [3.63, 3.8) is 0 Å². The topological polar surface area (TPSA) is 72.2 Å². The summed E-state index contributed by atoms with van der Waals surface area (Å²) in [4.78, 5) is 22.3. The molecule has 1 N–H and O–H groups in total. The Morgan fingerprint density at radius 1 is 1.07 bits per heavy atom. The molecule has 0 saturated carbocycles. The number of hydrogen-bond donors (Lipinski definition) is 1. The third kappa shape index (κ3) is 3.71. The van der Waals surface area contributed by atoms with Gasteiger partial charge in [-0.1, -0.05) is 72.4 Å². The Morgan fingerprint density at radius 3 is 2.57 bits per heavy atom. The van der Waals surface area contributed by atoms with Crippen molar-refractivity contribution in [1.29, 1.82) is 0 Å². The molecule has 0 bridgehead atoms. The molecule has 0 saturated heterocycles. The minimum Gasteiger partial charge on any atom is -0.301 e. The molecule has 2 aromatic carbocycles. The molecule has 0 fully saturated rings. The number of hydrogen-bond acceptors (Lipinski definition) is 5. The number of nitrogens with zero attached hydrogens (tertiary/aromatic N) is 4. The van der Waals surface area contributed by atoms with Crippen LogP contribution in [0.15, 0.2) is 77.9 Å². The number of amidine groups is 1. The summed E-state index contributed by atoms with van der Waals surface area (Å²) in [6.45, 7) is 1.31. The fourth-order valence-electron chi connectivity index (χ4n) is 3.44. The lowest BCUT2D eigenvalue weighted by Gasteiger charge is -2.10. The molecular weight excluding hydrogens is 394 g/mol. The van der Waals surface area contributed by atoms with Crippen LogP contribution in [-0.4, -0.2) is 38.1 Å². The van der Waals surface area contributed by atoms with Crippen LogP contribution in [0.1, 0.15) is 15.9 Å². The van der Waals surface area contributed by atoms with Crippen LogP contribution >= 0.6 is 11.8 Å². The first-order valence-corrected chi connectivity index (χ1v) is 10.7. The summed E-state index contributed by atoms with van der Waals surface area (Å²) in [7, 11) is 0. The van der Waals surface area contributed by atoms with Gasteiger partial charge < -0.3 is 5.32 Å². The van der Waals surface area contributed by atoms with Gasteiger partial charge in [0.15, 0.2) is 10.8 Å². The fourth-order valence-corrected chi connectivity index (χ4v) is 4.16. The van der Waals surface area contributed by atoms with Gasteiger partial charge in [-0.3, -0.25) is 9.79 Å². The highest BCUT2D eigenvalue weighted by Crippen LogP contribution is 2.25. The number of fused-ring (bicyclic) bond motifs is 1. The molecule has 0 unspecified atom stereocenters. The highest BCUT2D eigenvalue weighted by atomic mass is 32.2. The maximum Gasteiger partial charge on any atom is 0.258 e. The maximum atomic E-state index is 13.1. The van der Waals surface area contributed by atoms with Gasteiger partial charge in [0.25, 0.3) is 5.91 Å². The maximum absolute atomic E-state index is 13.1. The number of aliphatic imine (C=N–C) groups is 1. The van der Waals surface area contributed by atoms with Crippen LogP contribution in [0.5, 0.6) is 0 Å². The van der Waals surface area contributed by atoms with Crippen molar-refractivity contribution in [3.05, 3.63) is 84.1 Å². The predicted molar refractivity (Wildman–Crippen MR) is 121 cm³/mol. The normalized spacial score (nSPS) is 13.4. The zero-order valence-electron chi connectivity index (χ0n) is 16.2. The number of carbonyl (C=O) groups is 1. The summed E-state index contributed by atoms with van der Waals surface area (Å²) in [5.41, 5.74) is 4.05. The average Bonchev–Trinajstić information content (AvgIpc) is 3.45. The molecule has 1 aliphatic heterocycles. The number of carbonyl (C=O) groups excluding carboxylic acids is 1. The molecule has 5 rings (SSSR count). The number of aromatic nitrogens is 3. The quantitative estimate of drug-likeness (QED) is 0.549. The number of benzene rings is 2. The molecule has 0 aliphatic carbocycles. The van der Waals surface area contributed by atoms with Crippen molar-refractivity contribution >= 4 is 33.9 Å². The molecule has 4 aromatic rings. The molecule has 1 amide bonds. The standard InChI is InChI=1S/C23H19N5OS/c29-22(27-23-24-11-12-30-23)18-13-20(17-9-5-2-6-10-17)26-21-19(18)14-25-28(21)15-16-7-3-1-4-8-16/h1-10,13-14H,11-12,15H2,(H,24,27,29). The fraction of sp³-hybridized carbons (Fsp3) is 0.130. The van der Waals surface area contributed by atoms with E-state index in [0.717, 1.165) is 34.5 Å². The second-order valence-electron chi connectivity index (χ2n) is 6.94. The Bertz CT molecular complexity index is 1230. The van der Waals surface area contributed by atoms with E-state index < -0.39 is 0 Å². The summed E-state index contributed by atoms with van der Waals surface area (Å²) >= 11 is 1.56. The highest BCUT2D eigenvalue weighted by molar-refractivity contribution is 8.14. The SMILES string of the molecule is O=C(NC1=NCCS1)c1cc(-c2ccccc2)nc2c1cnn2Cc1ccccc1. The van der Waals surface area contributed by atoms with Crippen LogP contribution in [0.4, 0.5) is 0 Å². The van der Waals surface area contributed by atoms with E-state index in [2.05, 4.69) is 27.5 Å². The van der Waals surface area contributed by atoms with E-state index in [0.29, 0.717) is 22.9 Å². The van der Waals surface area contributed by atoms with Gasteiger partial charge in [0.05, 0.1) is 35.9 Å². The molecule has 7 heteroatoms. The van der Waals surface area contributed by atoms with Crippen molar-refractivity contribution in [1.82, 2.24) is 20.1 Å². The average molecular weight is 414 g/mol. The molecule has 0 spiro atoms. The Labute approximate surface area is 178 Å². The van der Waals surface area contributed by atoms with Crippen molar-refractivity contribution < 1.29 is 4.79 Å². The van der Waals surface area contributed by atoms with Gasteiger partial charge in [-0.2, -0.15) is 5.10 Å². The number of amides is 1. The lowest BCUT2D eigenvalue weighted by Crippen LogP contribution is -2.27. The summed E-state index contributed by atoms with van der Waals surface area (Å²) in [5.74, 6) is 0.707. The van der Waals surface area contributed by atoms with E-state index in [-0.39, 0.29) is 5.91 Å². The second-order valence-corrected chi connectivity index (χ2v) is 8.02. The second kappa shape index (κ2) is 8.12.